The summed E-state index contributed by atoms with van der Waals surface area (Å²) in [5.41, 5.74) is 0.885. The van der Waals surface area contributed by atoms with Gasteiger partial charge in [-0.25, -0.2) is 0 Å². The first kappa shape index (κ1) is 24.9. The lowest BCUT2D eigenvalue weighted by Gasteiger charge is -2.31. The number of hydrogen-bond donors (Lipinski definition) is 1. The Labute approximate surface area is 185 Å². The van der Waals surface area contributed by atoms with Crippen LogP contribution in [0.15, 0.2) is 30.3 Å². The Bertz CT molecular complexity index is 708. The zero-order valence-electron chi connectivity index (χ0n) is 18.9. The van der Waals surface area contributed by atoms with Crippen LogP contribution in [-0.2, 0) is 30.5 Å². The fourth-order valence-corrected chi connectivity index (χ4v) is 4.43. The molecule has 0 unspecified atom stereocenters. The minimum Gasteiger partial charge on any atom is -0.481 e. The van der Waals surface area contributed by atoms with E-state index in [0.29, 0.717) is 12.3 Å². The molecule has 1 aromatic carbocycles. The number of rotatable bonds is 11. The van der Waals surface area contributed by atoms with E-state index >= 15 is 0 Å². The summed E-state index contributed by atoms with van der Waals surface area (Å²) in [4.78, 5) is 36.7. The summed E-state index contributed by atoms with van der Waals surface area (Å²) in [6.07, 6.45) is 5.17. The zero-order chi connectivity index (χ0) is 22.8. The van der Waals surface area contributed by atoms with Crippen LogP contribution in [0.3, 0.4) is 0 Å². The second-order valence-corrected chi connectivity index (χ2v) is 9.01. The van der Waals surface area contributed by atoms with Crippen molar-refractivity contribution < 1.29 is 29.0 Å². The van der Waals surface area contributed by atoms with Crippen molar-refractivity contribution in [1.82, 2.24) is 0 Å². The maximum Gasteiger partial charge on any atom is 0.310 e. The van der Waals surface area contributed by atoms with E-state index < -0.39 is 35.8 Å². The van der Waals surface area contributed by atoms with E-state index in [4.69, 9.17) is 9.47 Å². The van der Waals surface area contributed by atoms with Crippen LogP contribution >= 0.6 is 0 Å². The molecule has 0 radical (unpaired) electrons. The minimum absolute atomic E-state index is 0.0783. The van der Waals surface area contributed by atoms with Crippen LogP contribution in [-0.4, -0.2) is 29.1 Å². The number of esters is 2. The summed E-state index contributed by atoms with van der Waals surface area (Å²) in [5, 5.41) is 9.92. The number of carboxylic acids is 1. The topological polar surface area (TPSA) is 89.9 Å². The number of hydrogen-bond acceptors (Lipinski definition) is 5. The largest absolute Gasteiger partial charge is 0.481 e. The fraction of sp³-hybridized carbons (Fsp3) is 0.640. The van der Waals surface area contributed by atoms with Crippen molar-refractivity contribution in [3.63, 3.8) is 0 Å². The summed E-state index contributed by atoms with van der Waals surface area (Å²) < 4.78 is 11.0. The highest BCUT2D eigenvalue weighted by Crippen LogP contribution is 2.34. The molecule has 0 amide bonds. The molecule has 0 bridgehead atoms. The molecule has 1 saturated carbocycles. The summed E-state index contributed by atoms with van der Waals surface area (Å²) in [7, 11) is 0. The number of carboxylic acid groups (broad SMARTS) is 1. The zero-order valence-corrected chi connectivity index (χ0v) is 18.9. The normalized spacial score (nSPS) is 17.5. The van der Waals surface area contributed by atoms with Crippen molar-refractivity contribution in [2.45, 2.75) is 78.4 Å². The predicted molar refractivity (Wildman–Crippen MR) is 117 cm³/mol. The molecule has 1 aromatic rings. The second-order valence-electron chi connectivity index (χ2n) is 9.01. The molecule has 2 rings (SSSR count). The molecule has 0 heterocycles. The molecule has 1 aliphatic carbocycles. The quantitative estimate of drug-likeness (QED) is 0.495. The van der Waals surface area contributed by atoms with Crippen molar-refractivity contribution in [2.75, 3.05) is 0 Å². The van der Waals surface area contributed by atoms with Gasteiger partial charge in [-0.1, -0.05) is 76.3 Å². The lowest BCUT2D eigenvalue weighted by molar-refractivity contribution is -0.164. The smallest absolute Gasteiger partial charge is 0.310 e. The van der Waals surface area contributed by atoms with Gasteiger partial charge in [0.25, 0.3) is 0 Å². The first-order valence-corrected chi connectivity index (χ1v) is 11.4. The average molecular weight is 433 g/mol. The van der Waals surface area contributed by atoms with E-state index in [1.807, 2.05) is 44.2 Å². The highest BCUT2D eigenvalue weighted by Gasteiger charge is 2.38. The Morgan fingerprint density at radius 3 is 2.23 bits per heavy atom. The van der Waals surface area contributed by atoms with Gasteiger partial charge in [0.1, 0.15) is 12.7 Å². The van der Waals surface area contributed by atoms with Crippen LogP contribution in [0.1, 0.15) is 71.3 Å². The summed E-state index contributed by atoms with van der Waals surface area (Å²) in [6.45, 7) is 5.24. The van der Waals surface area contributed by atoms with Gasteiger partial charge in [-0.15, -0.1) is 0 Å². The number of benzene rings is 1. The molecule has 1 aliphatic rings. The number of aliphatic carboxylic acids is 1. The van der Waals surface area contributed by atoms with Crippen molar-refractivity contribution >= 4 is 17.9 Å². The molecule has 0 spiro atoms. The predicted octanol–water partition coefficient (Wildman–Crippen LogP) is 5.00. The van der Waals surface area contributed by atoms with Gasteiger partial charge >= 0.3 is 17.9 Å². The third-order valence-corrected chi connectivity index (χ3v) is 6.21. The minimum atomic E-state index is -0.975. The van der Waals surface area contributed by atoms with Crippen LogP contribution in [0.4, 0.5) is 0 Å². The molecule has 6 heteroatoms. The van der Waals surface area contributed by atoms with Gasteiger partial charge in [0, 0.05) is 6.92 Å². The Kier molecular flexibility index (Phi) is 10.0. The van der Waals surface area contributed by atoms with Crippen molar-refractivity contribution in [3.05, 3.63) is 35.9 Å². The highest BCUT2D eigenvalue weighted by molar-refractivity contribution is 5.74. The third-order valence-electron chi connectivity index (χ3n) is 6.21. The Balaban J connectivity index is 2.11. The Hall–Kier alpha value is -2.37. The molecule has 0 saturated heterocycles. The van der Waals surface area contributed by atoms with Gasteiger partial charge in [-0.2, -0.15) is 0 Å². The number of carbonyl (C=O) groups is 3. The van der Waals surface area contributed by atoms with Crippen molar-refractivity contribution in [3.8, 4) is 0 Å². The standard InChI is InChI=1S/C25H36O6/c1-17(2)21(25(29)30-16-20-12-8-5-9-13-20)15-23(31-18(3)26)22(24(27)28)14-19-10-6-4-7-11-19/h5,8-9,12-13,17,19,21-23H,4,6-7,10-11,14-16H2,1-3H3,(H,27,28)/t21-,22-,23-/m0/s1. The van der Waals surface area contributed by atoms with Gasteiger partial charge in [0.2, 0.25) is 0 Å². The molecule has 6 nitrogen and oxygen atoms in total. The first-order chi connectivity index (χ1) is 14.8. The van der Waals surface area contributed by atoms with Gasteiger partial charge in [-0.3, -0.25) is 14.4 Å². The summed E-state index contributed by atoms with van der Waals surface area (Å²) >= 11 is 0. The van der Waals surface area contributed by atoms with Crippen LogP contribution in [0, 0.1) is 23.7 Å². The molecular formula is C25H36O6. The fourth-order valence-electron chi connectivity index (χ4n) is 4.43. The molecule has 172 valence electrons. The van der Waals surface area contributed by atoms with E-state index in [-0.39, 0.29) is 18.9 Å². The van der Waals surface area contributed by atoms with Gasteiger partial charge in [0.05, 0.1) is 11.8 Å². The molecule has 1 fully saturated rings. The molecule has 31 heavy (non-hydrogen) atoms. The monoisotopic (exact) mass is 432 g/mol. The summed E-state index contributed by atoms with van der Waals surface area (Å²) in [5.74, 6) is -3.04. The molecular weight excluding hydrogens is 396 g/mol. The molecule has 1 N–H and O–H groups in total. The number of carbonyl (C=O) groups excluding carboxylic acids is 2. The average Bonchev–Trinajstić information content (AvgIpc) is 2.74. The van der Waals surface area contributed by atoms with E-state index in [1.165, 1.54) is 13.3 Å². The Morgan fingerprint density at radius 2 is 1.68 bits per heavy atom. The molecule has 3 atom stereocenters. The molecule has 0 aromatic heterocycles. The van der Waals surface area contributed by atoms with E-state index in [0.717, 1.165) is 31.2 Å². The lowest BCUT2D eigenvalue weighted by Crippen LogP contribution is -2.38. The summed E-state index contributed by atoms with van der Waals surface area (Å²) in [6, 6.07) is 9.41. The first-order valence-electron chi connectivity index (χ1n) is 11.4. The van der Waals surface area contributed by atoms with Gasteiger partial charge in [0.15, 0.2) is 0 Å². The van der Waals surface area contributed by atoms with E-state index in [9.17, 15) is 19.5 Å². The van der Waals surface area contributed by atoms with Gasteiger partial charge < -0.3 is 14.6 Å². The van der Waals surface area contributed by atoms with Crippen LogP contribution in [0.5, 0.6) is 0 Å². The number of ether oxygens (including phenoxy) is 2. The van der Waals surface area contributed by atoms with Crippen LogP contribution in [0.25, 0.3) is 0 Å². The maximum atomic E-state index is 12.9. The van der Waals surface area contributed by atoms with E-state index in [2.05, 4.69) is 0 Å². The van der Waals surface area contributed by atoms with Crippen LogP contribution in [0.2, 0.25) is 0 Å². The highest BCUT2D eigenvalue weighted by atomic mass is 16.5. The third kappa shape index (κ3) is 8.35. The second kappa shape index (κ2) is 12.5. The van der Waals surface area contributed by atoms with E-state index in [1.54, 1.807) is 0 Å². The van der Waals surface area contributed by atoms with Crippen molar-refractivity contribution in [1.29, 1.82) is 0 Å². The molecule has 0 aliphatic heterocycles. The van der Waals surface area contributed by atoms with Gasteiger partial charge in [-0.05, 0) is 30.2 Å². The SMILES string of the molecule is CC(=O)O[C@@H](C[C@H](C(=O)OCc1ccccc1)C(C)C)[C@H](CC1CCCCC1)C(=O)O. The maximum absolute atomic E-state index is 12.9. The Morgan fingerprint density at radius 1 is 1.03 bits per heavy atom. The lowest BCUT2D eigenvalue weighted by atomic mass is 9.78. The van der Waals surface area contributed by atoms with Crippen LogP contribution < -0.4 is 0 Å². The van der Waals surface area contributed by atoms with Crippen molar-refractivity contribution in [2.24, 2.45) is 23.7 Å².